The van der Waals surface area contributed by atoms with E-state index in [1.54, 1.807) is 5.57 Å². The van der Waals surface area contributed by atoms with Gasteiger partial charge in [-0.2, -0.15) is 0 Å². The quantitative estimate of drug-likeness (QED) is 0.605. The normalized spacial score (nSPS) is 44.2. The molecule has 0 heterocycles. The van der Waals surface area contributed by atoms with Crippen molar-refractivity contribution in [2.45, 2.75) is 58.3 Å². The van der Waals surface area contributed by atoms with Crippen LogP contribution in [0, 0.1) is 29.1 Å². The van der Waals surface area contributed by atoms with E-state index in [-0.39, 0.29) is 5.41 Å². The molecule has 1 heteroatoms. The molecule has 118 valence electrons. The molecule has 0 spiro atoms. The molecule has 0 aliphatic heterocycles. The summed E-state index contributed by atoms with van der Waals surface area (Å²) in [5.41, 5.74) is 4.29. The summed E-state index contributed by atoms with van der Waals surface area (Å²) in [6, 6.07) is 0. The Labute approximate surface area is 134 Å². The van der Waals surface area contributed by atoms with E-state index in [4.69, 9.17) is 0 Å². The first-order valence-corrected chi connectivity index (χ1v) is 9.16. The molecule has 5 atom stereocenters. The lowest BCUT2D eigenvalue weighted by Gasteiger charge is -2.54. The van der Waals surface area contributed by atoms with E-state index in [1.165, 1.54) is 30.4 Å². The van der Waals surface area contributed by atoms with E-state index >= 15 is 0 Å². The summed E-state index contributed by atoms with van der Waals surface area (Å²) < 4.78 is 0. The summed E-state index contributed by atoms with van der Waals surface area (Å²) in [5, 5.41) is 0. The molecular weight excluding hydrogens is 268 g/mol. The van der Waals surface area contributed by atoms with Gasteiger partial charge in [-0.05, 0) is 68.6 Å². The van der Waals surface area contributed by atoms with Crippen molar-refractivity contribution < 1.29 is 4.79 Å². The fourth-order valence-electron chi connectivity index (χ4n) is 6.47. The van der Waals surface area contributed by atoms with Crippen molar-refractivity contribution in [1.29, 1.82) is 0 Å². The van der Waals surface area contributed by atoms with Crippen LogP contribution in [0.2, 0.25) is 0 Å². The van der Waals surface area contributed by atoms with Crippen molar-refractivity contribution in [2.75, 3.05) is 0 Å². The molecule has 0 aromatic carbocycles. The highest BCUT2D eigenvalue weighted by atomic mass is 16.1. The standard InChI is InChI=1S/C21H28O/c1-4-21-12-14(3)20-16-7-5-13(2)11-15(16)6-8-17(20)18(21)9-10-19(21)22/h11,16-18,20H,2-10,12H2,1H3. The third kappa shape index (κ3) is 1.80. The van der Waals surface area contributed by atoms with Crippen molar-refractivity contribution in [3.63, 3.8) is 0 Å². The molecule has 0 aromatic rings. The first-order valence-electron chi connectivity index (χ1n) is 9.16. The Morgan fingerprint density at radius 1 is 1.18 bits per heavy atom. The van der Waals surface area contributed by atoms with Gasteiger partial charge in [0, 0.05) is 11.8 Å². The van der Waals surface area contributed by atoms with E-state index in [0.29, 0.717) is 29.5 Å². The molecule has 1 nitrogen and oxygen atoms in total. The Balaban J connectivity index is 1.72. The number of fused-ring (bicyclic) bond motifs is 5. The smallest absolute Gasteiger partial charge is 0.139 e. The Kier molecular flexibility index (Phi) is 3.25. The molecule has 4 aliphatic carbocycles. The molecule has 4 rings (SSSR count). The molecule has 0 bridgehead atoms. The Morgan fingerprint density at radius 3 is 2.77 bits per heavy atom. The largest absolute Gasteiger partial charge is 0.299 e. The van der Waals surface area contributed by atoms with Gasteiger partial charge in [-0.15, -0.1) is 0 Å². The van der Waals surface area contributed by atoms with Crippen molar-refractivity contribution >= 4 is 5.78 Å². The minimum atomic E-state index is -0.0439. The van der Waals surface area contributed by atoms with Gasteiger partial charge in [0.2, 0.25) is 0 Å². The van der Waals surface area contributed by atoms with E-state index in [0.717, 1.165) is 32.1 Å². The highest BCUT2D eigenvalue weighted by Gasteiger charge is 2.58. The number of carbonyl (C=O) groups excluding carboxylic acids is 1. The Hall–Kier alpha value is -1.11. The van der Waals surface area contributed by atoms with Crippen LogP contribution in [0.5, 0.6) is 0 Å². The fourth-order valence-corrected chi connectivity index (χ4v) is 6.47. The van der Waals surface area contributed by atoms with Gasteiger partial charge in [-0.3, -0.25) is 4.79 Å². The molecular formula is C21H28O. The number of carbonyl (C=O) groups is 1. The summed E-state index contributed by atoms with van der Waals surface area (Å²) in [6.45, 7) is 10.9. The number of hydrogen-bond acceptors (Lipinski definition) is 1. The molecule has 0 radical (unpaired) electrons. The highest BCUT2D eigenvalue weighted by Crippen LogP contribution is 2.63. The number of ketones is 1. The summed E-state index contributed by atoms with van der Waals surface area (Å²) in [5.74, 6) is 3.22. The maximum absolute atomic E-state index is 12.6. The van der Waals surface area contributed by atoms with Crippen LogP contribution in [0.25, 0.3) is 0 Å². The van der Waals surface area contributed by atoms with Gasteiger partial charge in [-0.25, -0.2) is 0 Å². The van der Waals surface area contributed by atoms with Crippen LogP contribution in [0.15, 0.2) is 36.0 Å². The van der Waals surface area contributed by atoms with Gasteiger partial charge in [0.05, 0.1) is 0 Å². The predicted octanol–water partition coefficient (Wildman–Crippen LogP) is 5.24. The van der Waals surface area contributed by atoms with Crippen LogP contribution in [0.1, 0.15) is 58.3 Å². The minimum Gasteiger partial charge on any atom is -0.299 e. The first kappa shape index (κ1) is 14.5. The minimum absolute atomic E-state index is 0.0439. The molecule has 3 saturated carbocycles. The Bertz CT molecular complexity index is 581. The van der Waals surface area contributed by atoms with Gasteiger partial charge >= 0.3 is 0 Å². The van der Waals surface area contributed by atoms with Crippen LogP contribution >= 0.6 is 0 Å². The molecule has 0 N–H and O–H groups in total. The van der Waals surface area contributed by atoms with Crippen molar-refractivity contribution in [2.24, 2.45) is 29.1 Å². The van der Waals surface area contributed by atoms with Gasteiger partial charge < -0.3 is 0 Å². The third-order valence-corrected chi connectivity index (χ3v) is 7.41. The number of rotatable bonds is 1. The highest BCUT2D eigenvalue weighted by molar-refractivity contribution is 5.88. The van der Waals surface area contributed by atoms with Crippen molar-refractivity contribution in [1.82, 2.24) is 0 Å². The lowest BCUT2D eigenvalue weighted by Crippen LogP contribution is -2.48. The number of hydrogen-bond donors (Lipinski definition) is 0. The molecule has 4 aliphatic rings. The van der Waals surface area contributed by atoms with Crippen LogP contribution in [0.4, 0.5) is 0 Å². The van der Waals surface area contributed by atoms with Gasteiger partial charge in [0.1, 0.15) is 5.78 Å². The van der Waals surface area contributed by atoms with Gasteiger partial charge in [0.25, 0.3) is 0 Å². The first-order chi connectivity index (χ1) is 10.6. The maximum Gasteiger partial charge on any atom is 0.139 e. The van der Waals surface area contributed by atoms with Crippen molar-refractivity contribution in [3.05, 3.63) is 36.0 Å². The van der Waals surface area contributed by atoms with E-state index in [2.05, 4.69) is 26.2 Å². The monoisotopic (exact) mass is 296 g/mol. The SMILES string of the molecule is C=C1C=C2CCC3C(C(=C)CC4(CC)C(=O)CCC34)C2CC1. The van der Waals surface area contributed by atoms with Crippen LogP contribution in [-0.2, 0) is 4.79 Å². The zero-order chi connectivity index (χ0) is 15.5. The molecule has 3 fully saturated rings. The lowest BCUT2D eigenvalue weighted by atomic mass is 9.50. The Morgan fingerprint density at radius 2 is 2.00 bits per heavy atom. The zero-order valence-corrected chi connectivity index (χ0v) is 13.9. The van der Waals surface area contributed by atoms with Crippen molar-refractivity contribution in [3.8, 4) is 0 Å². The predicted molar refractivity (Wildman–Crippen MR) is 90.4 cm³/mol. The van der Waals surface area contributed by atoms with Gasteiger partial charge in [-0.1, -0.05) is 42.9 Å². The summed E-state index contributed by atoms with van der Waals surface area (Å²) >= 11 is 0. The molecule has 5 unspecified atom stereocenters. The second-order valence-electron chi connectivity index (χ2n) is 8.16. The van der Waals surface area contributed by atoms with Crippen LogP contribution < -0.4 is 0 Å². The second-order valence-corrected chi connectivity index (χ2v) is 8.16. The number of Topliss-reactive ketones (excluding diaryl/α,β-unsaturated/α-hetero) is 1. The third-order valence-electron chi connectivity index (χ3n) is 7.41. The molecule has 0 aromatic heterocycles. The maximum atomic E-state index is 12.6. The van der Waals surface area contributed by atoms with Crippen LogP contribution in [-0.4, -0.2) is 5.78 Å². The molecule has 0 amide bonds. The number of allylic oxidation sites excluding steroid dienone is 4. The van der Waals surface area contributed by atoms with Gasteiger partial charge in [0.15, 0.2) is 0 Å². The van der Waals surface area contributed by atoms with E-state index < -0.39 is 0 Å². The molecule has 0 saturated heterocycles. The second kappa shape index (κ2) is 4.94. The van der Waals surface area contributed by atoms with E-state index in [1.807, 2.05) is 0 Å². The summed E-state index contributed by atoms with van der Waals surface area (Å²) in [7, 11) is 0. The van der Waals surface area contributed by atoms with Crippen LogP contribution in [0.3, 0.4) is 0 Å². The lowest BCUT2D eigenvalue weighted by molar-refractivity contribution is -0.130. The molecule has 22 heavy (non-hydrogen) atoms. The fraction of sp³-hybridized carbons (Fsp3) is 0.667. The average molecular weight is 296 g/mol. The topological polar surface area (TPSA) is 17.1 Å². The average Bonchev–Trinajstić information content (AvgIpc) is 2.84. The zero-order valence-electron chi connectivity index (χ0n) is 13.9. The summed E-state index contributed by atoms with van der Waals surface area (Å²) in [6.07, 6.45) is 11.2. The summed E-state index contributed by atoms with van der Waals surface area (Å²) in [4.78, 5) is 12.6. The van der Waals surface area contributed by atoms with E-state index in [9.17, 15) is 4.79 Å².